The van der Waals surface area contributed by atoms with E-state index in [1.165, 1.54) is 0 Å². The smallest absolute Gasteiger partial charge is 0.183 e. The van der Waals surface area contributed by atoms with E-state index in [-0.39, 0.29) is 6.04 Å². The summed E-state index contributed by atoms with van der Waals surface area (Å²) < 4.78 is 8.37. The fraction of sp³-hybridized carbons (Fsp3) is 0.174. The average Bonchev–Trinajstić information content (AvgIpc) is 3.22. The van der Waals surface area contributed by atoms with Gasteiger partial charge in [0.1, 0.15) is 11.8 Å². The first-order valence-corrected chi connectivity index (χ1v) is 10.4. The van der Waals surface area contributed by atoms with Gasteiger partial charge in [-0.05, 0) is 65.2 Å². The van der Waals surface area contributed by atoms with E-state index in [9.17, 15) is 0 Å². The third-order valence-corrected chi connectivity index (χ3v) is 5.54. The molecule has 0 saturated heterocycles. The van der Waals surface area contributed by atoms with E-state index in [0.29, 0.717) is 5.82 Å². The molecule has 3 aromatic carbocycles. The fourth-order valence-corrected chi connectivity index (χ4v) is 3.81. The van der Waals surface area contributed by atoms with Crippen molar-refractivity contribution < 1.29 is 4.74 Å². The molecule has 4 rings (SSSR count). The molecular formula is C23H22BrN5O. The number of aryl methyl sites for hydroxylation is 2. The van der Waals surface area contributed by atoms with E-state index in [1.807, 2.05) is 47.1 Å². The predicted molar refractivity (Wildman–Crippen MR) is 121 cm³/mol. The summed E-state index contributed by atoms with van der Waals surface area (Å²) in [6, 6.07) is 21.8. The lowest BCUT2D eigenvalue weighted by molar-refractivity contribution is 0.416. The molecular weight excluding hydrogens is 442 g/mol. The normalized spacial score (nSPS) is 11.9. The summed E-state index contributed by atoms with van der Waals surface area (Å²) in [5.41, 5.74) is 5.10. The molecule has 0 aliphatic heterocycles. The maximum Gasteiger partial charge on any atom is 0.183 e. The molecule has 152 valence electrons. The minimum Gasteiger partial charge on any atom is -0.495 e. The van der Waals surface area contributed by atoms with Crippen molar-refractivity contribution >= 4 is 21.6 Å². The Hall–Kier alpha value is -3.19. The van der Waals surface area contributed by atoms with E-state index in [2.05, 4.69) is 74.9 Å². The monoisotopic (exact) mass is 463 g/mol. The zero-order chi connectivity index (χ0) is 21.1. The van der Waals surface area contributed by atoms with Gasteiger partial charge in [-0.15, -0.1) is 5.10 Å². The lowest BCUT2D eigenvalue weighted by Crippen LogP contribution is -2.19. The van der Waals surface area contributed by atoms with E-state index in [4.69, 9.17) is 4.74 Å². The molecule has 0 radical (unpaired) electrons. The molecule has 0 aliphatic rings. The molecule has 4 aromatic rings. The van der Waals surface area contributed by atoms with E-state index in [0.717, 1.165) is 38.3 Å². The molecule has 0 fully saturated rings. The highest BCUT2D eigenvalue weighted by molar-refractivity contribution is 9.10. The van der Waals surface area contributed by atoms with Crippen LogP contribution >= 0.6 is 15.9 Å². The Bertz CT molecular complexity index is 1140. The summed E-state index contributed by atoms with van der Waals surface area (Å²) in [6.45, 7) is 4.13. The number of nitrogens with one attached hydrogen (secondary N) is 1. The molecule has 0 bridgehead atoms. The van der Waals surface area contributed by atoms with Gasteiger partial charge in [0.15, 0.2) is 5.82 Å². The number of aromatic nitrogens is 4. The van der Waals surface area contributed by atoms with E-state index < -0.39 is 0 Å². The largest absolute Gasteiger partial charge is 0.495 e. The van der Waals surface area contributed by atoms with Gasteiger partial charge >= 0.3 is 0 Å². The summed E-state index contributed by atoms with van der Waals surface area (Å²) >= 11 is 3.52. The van der Waals surface area contributed by atoms with Crippen molar-refractivity contribution in [3.63, 3.8) is 0 Å². The molecule has 0 amide bonds. The highest BCUT2D eigenvalue weighted by Gasteiger charge is 2.24. The Morgan fingerprint density at radius 1 is 0.933 bits per heavy atom. The second-order valence-electron chi connectivity index (χ2n) is 7.02. The van der Waals surface area contributed by atoms with Gasteiger partial charge in [0, 0.05) is 4.47 Å². The minimum absolute atomic E-state index is 0.289. The van der Waals surface area contributed by atoms with Gasteiger partial charge in [0.05, 0.1) is 18.5 Å². The van der Waals surface area contributed by atoms with Crippen LogP contribution in [0.4, 0.5) is 5.69 Å². The van der Waals surface area contributed by atoms with Crippen LogP contribution in [0.2, 0.25) is 0 Å². The number of hydrogen-bond acceptors (Lipinski definition) is 5. The molecule has 30 heavy (non-hydrogen) atoms. The van der Waals surface area contributed by atoms with Crippen molar-refractivity contribution in [2.24, 2.45) is 0 Å². The van der Waals surface area contributed by atoms with Crippen LogP contribution in [0, 0.1) is 13.8 Å². The van der Waals surface area contributed by atoms with Gasteiger partial charge in [0.25, 0.3) is 0 Å². The van der Waals surface area contributed by atoms with Crippen LogP contribution in [0.3, 0.4) is 0 Å². The Kier molecular flexibility index (Phi) is 5.81. The van der Waals surface area contributed by atoms with Crippen LogP contribution < -0.4 is 10.1 Å². The lowest BCUT2D eigenvalue weighted by atomic mass is 10.0. The third-order valence-electron chi connectivity index (χ3n) is 5.01. The summed E-state index contributed by atoms with van der Waals surface area (Å²) in [7, 11) is 1.66. The summed E-state index contributed by atoms with van der Waals surface area (Å²) in [5.74, 6) is 1.45. The Morgan fingerprint density at radius 3 is 2.33 bits per heavy atom. The van der Waals surface area contributed by atoms with Gasteiger partial charge in [-0.2, -0.15) is 4.68 Å². The van der Waals surface area contributed by atoms with Crippen molar-refractivity contribution in [1.29, 1.82) is 0 Å². The summed E-state index contributed by atoms with van der Waals surface area (Å²) in [4.78, 5) is 0. The molecule has 1 unspecified atom stereocenters. The van der Waals surface area contributed by atoms with Gasteiger partial charge in [-0.1, -0.05) is 58.4 Å². The number of benzene rings is 3. The van der Waals surface area contributed by atoms with Crippen molar-refractivity contribution in [2.45, 2.75) is 19.9 Å². The highest BCUT2D eigenvalue weighted by atomic mass is 79.9. The van der Waals surface area contributed by atoms with Gasteiger partial charge in [-0.25, -0.2) is 0 Å². The molecule has 1 aromatic heterocycles. The number of tetrazole rings is 1. The Balaban J connectivity index is 1.86. The zero-order valence-corrected chi connectivity index (χ0v) is 18.6. The van der Waals surface area contributed by atoms with Crippen LogP contribution in [0.5, 0.6) is 5.75 Å². The standard InChI is InChI=1S/C23H22BrN5O/c1-15-7-6-8-16(2)22(15)29-23(26-27-28-29)21(17-11-13-18(24)14-12-17)25-19-9-4-5-10-20(19)30-3/h4-14,21,25H,1-3H3. The lowest BCUT2D eigenvalue weighted by Gasteiger charge is -2.22. The molecule has 1 heterocycles. The first-order valence-electron chi connectivity index (χ1n) is 9.58. The number of para-hydroxylation sites is 3. The molecule has 1 atom stereocenters. The first kappa shape index (κ1) is 20.1. The number of methoxy groups -OCH3 is 1. The molecule has 1 N–H and O–H groups in total. The SMILES string of the molecule is COc1ccccc1NC(c1ccc(Br)cc1)c1nnnn1-c1c(C)cccc1C. The van der Waals surface area contributed by atoms with E-state index in [1.54, 1.807) is 7.11 Å². The van der Waals surface area contributed by atoms with Crippen molar-refractivity contribution in [1.82, 2.24) is 20.2 Å². The van der Waals surface area contributed by atoms with Crippen LogP contribution in [0.15, 0.2) is 71.2 Å². The molecule has 0 aliphatic carbocycles. The number of hydrogen-bond donors (Lipinski definition) is 1. The molecule has 6 nitrogen and oxygen atoms in total. The van der Waals surface area contributed by atoms with Crippen molar-refractivity contribution in [3.8, 4) is 11.4 Å². The second-order valence-corrected chi connectivity index (χ2v) is 7.93. The number of nitrogens with zero attached hydrogens (tertiary/aromatic N) is 4. The maximum absolute atomic E-state index is 5.54. The topological polar surface area (TPSA) is 64.9 Å². The van der Waals surface area contributed by atoms with E-state index >= 15 is 0 Å². The first-order chi connectivity index (χ1) is 14.6. The molecule has 7 heteroatoms. The third kappa shape index (κ3) is 3.93. The number of halogens is 1. The Morgan fingerprint density at radius 2 is 1.63 bits per heavy atom. The summed E-state index contributed by atoms with van der Waals surface area (Å²) in [5, 5.41) is 16.3. The minimum atomic E-state index is -0.289. The molecule has 0 spiro atoms. The quantitative estimate of drug-likeness (QED) is 0.422. The number of ether oxygens (including phenoxy) is 1. The van der Waals surface area contributed by atoms with Gasteiger partial charge in [-0.3, -0.25) is 0 Å². The highest BCUT2D eigenvalue weighted by Crippen LogP contribution is 2.32. The average molecular weight is 464 g/mol. The zero-order valence-electron chi connectivity index (χ0n) is 17.0. The van der Waals surface area contributed by atoms with Crippen LogP contribution in [0.1, 0.15) is 28.6 Å². The fourth-order valence-electron chi connectivity index (χ4n) is 3.54. The van der Waals surface area contributed by atoms with Crippen molar-refractivity contribution in [2.75, 3.05) is 12.4 Å². The predicted octanol–water partition coefficient (Wildman–Crippen LogP) is 5.25. The van der Waals surface area contributed by atoms with Crippen molar-refractivity contribution in [3.05, 3.63) is 93.7 Å². The number of anilines is 1. The number of rotatable bonds is 6. The van der Waals surface area contributed by atoms with Crippen LogP contribution in [-0.4, -0.2) is 27.3 Å². The Labute approximate surface area is 184 Å². The second kappa shape index (κ2) is 8.67. The van der Waals surface area contributed by atoms with Crippen LogP contribution in [-0.2, 0) is 0 Å². The molecule has 0 saturated carbocycles. The van der Waals surface area contributed by atoms with Crippen LogP contribution in [0.25, 0.3) is 5.69 Å². The maximum atomic E-state index is 5.54. The van der Waals surface area contributed by atoms with Gasteiger partial charge < -0.3 is 10.1 Å². The van der Waals surface area contributed by atoms with Gasteiger partial charge in [0.2, 0.25) is 0 Å². The summed E-state index contributed by atoms with van der Waals surface area (Å²) in [6.07, 6.45) is 0.